The van der Waals surface area contributed by atoms with E-state index in [0.717, 1.165) is 5.56 Å². The maximum Gasteiger partial charge on any atom is 0.186 e. The molecule has 2 aromatic carbocycles. The molecule has 2 rings (SSSR count). The van der Waals surface area contributed by atoms with E-state index >= 15 is 0 Å². The first-order chi connectivity index (χ1) is 9.31. The first-order valence-corrected chi connectivity index (χ1v) is 8.10. The quantitative estimate of drug-likeness (QED) is 0.941. The SMILES string of the molecule is Cc1ccc(S(=O)(=O)Cc2ccc(Cl)cc2)c(O)c1C. The van der Waals surface area contributed by atoms with Crippen LogP contribution >= 0.6 is 11.6 Å². The second-order valence-corrected chi connectivity index (χ2v) is 7.13. The van der Waals surface area contributed by atoms with Crippen molar-refractivity contribution in [1.82, 2.24) is 0 Å². The number of aryl methyl sites for hydroxylation is 1. The first-order valence-electron chi connectivity index (χ1n) is 6.07. The summed E-state index contributed by atoms with van der Waals surface area (Å²) in [6, 6.07) is 9.77. The molecule has 20 heavy (non-hydrogen) atoms. The first kappa shape index (κ1) is 14.9. The van der Waals surface area contributed by atoms with E-state index in [-0.39, 0.29) is 16.4 Å². The van der Waals surface area contributed by atoms with E-state index in [2.05, 4.69) is 0 Å². The Labute approximate surface area is 123 Å². The van der Waals surface area contributed by atoms with Crippen molar-refractivity contribution in [3.05, 3.63) is 58.1 Å². The number of halogens is 1. The van der Waals surface area contributed by atoms with Gasteiger partial charge in [-0.15, -0.1) is 0 Å². The number of hydrogen-bond acceptors (Lipinski definition) is 3. The fraction of sp³-hybridized carbons (Fsp3) is 0.200. The van der Waals surface area contributed by atoms with Crippen LogP contribution in [-0.2, 0) is 15.6 Å². The molecule has 0 aromatic heterocycles. The molecule has 2 aromatic rings. The second-order valence-electron chi connectivity index (χ2n) is 4.74. The molecule has 0 bridgehead atoms. The molecule has 0 fully saturated rings. The average Bonchev–Trinajstić information content (AvgIpc) is 2.38. The summed E-state index contributed by atoms with van der Waals surface area (Å²) in [7, 11) is -3.59. The van der Waals surface area contributed by atoms with Gasteiger partial charge in [0.2, 0.25) is 0 Å². The van der Waals surface area contributed by atoms with Crippen molar-refractivity contribution in [2.24, 2.45) is 0 Å². The maximum absolute atomic E-state index is 12.4. The van der Waals surface area contributed by atoms with Gasteiger partial charge in [0.05, 0.1) is 5.75 Å². The van der Waals surface area contributed by atoms with Crippen molar-refractivity contribution in [2.75, 3.05) is 0 Å². The van der Waals surface area contributed by atoms with Crippen LogP contribution in [-0.4, -0.2) is 13.5 Å². The Morgan fingerprint density at radius 3 is 2.25 bits per heavy atom. The molecular weight excluding hydrogens is 296 g/mol. The van der Waals surface area contributed by atoms with Crippen LogP contribution in [0.5, 0.6) is 5.75 Å². The van der Waals surface area contributed by atoms with E-state index in [1.165, 1.54) is 6.07 Å². The van der Waals surface area contributed by atoms with Crippen LogP contribution in [0.15, 0.2) is 41.3 Å². The number of benzene rings is 2. The Balaban J connectivity index is 2.41. The lowest BCUT2D eigenvalue weighted by Gasteiger charge is -2.10. The van der Waals surface area contributed by atoms with Gasteiger partial charge in [0.1, 0.15) is 10.6 Å². The number of phenols is 1. The Kier molecular flexibility index (Phi) is 4.06. The van der Waals surface area contributed by atoms with Crippen LogP contribution in [0.1, 0.15) is 16.7 Å². The van der Waals surface area contributed by atoms with E-state index in [4.69, 9.17) is 11.6 Å². The molecule has 3 nitrogen and oxygen atoms in total. The zero-order valence-corrected chi connectivity index (χ0v) is 12.8. The summed E-state index contributed by atoms with van der Waals surface area (Å²) in [4.78, 5) is -0.0319. The van der Waals surface area contributed by atoms with E-state index in [0.29, 0.717) is 16.1 Å². The van der Waals surface area contributed by atoms with Gasteiger partial charge in [-0.25, -0.2) is 8.42 Å². The molecule has 0 aliphatic heterocycles. The normalized spacial score (nSPS) is 11.6. The van der Waals surface area contributed by atoms with Gasteiger partial charge in [-0.05, 0) is 48.7 Å². The highest BCUT2D eigenvalue weighted by molar-refractivity contribution is 7.90. The van der Waals surface area contributed by atoms with Crippen molar-refractivity contribution in [1.29, 1.82) is 0 Å². The van der Waals surface area contributed by atoms with Crippen LogP contribution in [0.3, 0.4) is 0 Å². The third kappa shape index (κ3) is 2.97. The highest BCUT2D eigenvalue weighted by atomic mass is 35.5. The molecule has 0 atom stereocenters. The van der Waals surface area contributed by atoms with Gasteiger partial charge in [-0.3, -0.25) is 0 Å². The summed E-state index contributed by atoms with van der Waals surface area (Å²) in [6.07, 6.45) is 0. The third-order valence-corrected chi connectivity index (χ3v) is 5.23. The predicted octanol–water partition coefficient (Wildman–Crippen LogP) is 3.64. The van der Waals surface area contributed by atoms with Crippen LogP contribution < -0.4 is 0 Å². The molecular formula is C15H15ClO3S. The van der Waals surface area contributed by atoms with Crippen molar-refractivity contribution in [3.63, 3.8) is 0 Å². The van der Waals surface area contributed by atoms with Gasteiger partial charge in [0, 0.05) is 5.02 Å². The van der Waals surface area contributed by atoms with Crippen molar-refractivity contribution in [2.45, 2.75) is 24.5 Å². The molecule has 0 unspecified atom stereocenters. The van der Waals surface area contributed by atoms with E-state index < -0.39 is 9.84 Å². The fourth-order valence-corrected chi connectivity index (χ4v) is 3.54. The lowest BCUT2D eigenvalue weighted by Crippen LogP contribution is -2.06. The highest BCUT2D eigenvalue weighted by Gasteiger charge is 2.21. The Bertz CT molecular complexity index is 734. The molecule has 0 saturated heterocycles. The topological polar surface area (TPSA) is 54.4 Å². The standard InChI is InChI=1S/C15H15ClO3S/c1-10-3-8-14(15(17)11(10)2)20(18,19)9-12-4-6-13(16)7-5-12/h3-8,17H,9H2,1-2H3. The molecule has 0 radical (unpaired) electrons. The largest absolute Gasteiger partial charge is 0.506 e. The zero-order valence-electron chi connectivity index (χ0n) is 11.2. The van der Waals surface area contributed by atoms with Crippen LogP contribution in [0.4, 0.5) is 0 Å². The van der Waals surface area contributed by atoms with Crippen molar-refractivity contribution < 1.29 is 13.5 Å². The summed E-state index contributed by atoms with van der Waals surface area (Å²) in [6.45, 7) is 3.52. The molecule has 0 saturated carbocycles. The Hall–Kier alpha value is -1.52. The summed E-state index contributed by atoms with van der Waals surface area (Å²) in [5.41, 5.74) is 2.07. The van der Waals surface area contributed by atoms with Crippen molar-refractivity contribution in [3.8, 4) is 5.75 Å². The predicted molar refractivity (Wildman–Crippen MR) is 79.9 cm³/mol. The Morgan fingerprint density at radius 1 is 1.05 bits per heavy atom. The smallest absolute Gasteiger partial charge is 0.186 e. The zero-order chi connectivity index (χ0) is 14.9. The summed E-state index contributed by atoms with van der Waals surface area (Å²) >= 11 is 5.77. The monoisotopic (exact) mass is 310 g/mol. The molecule has 0 aliphatic carbocycles. The van der Waals surface area contributed by atoms with Gasteiger partial charge in [0.15, 0.2) is 9.84 Å². The summed E-state index contributed by atoms with van der Waals surface area (Å²) < 4.78 is 24.8. The van der Waals surface area contributed by atoms with Gasteiger partial charge in [-0.2, -0.15) is 0 Å². The minimum Gasteiger partial charge on any atom is -0.506 e. The average molecular weight is 311 g/mol. The lowest BCUT2D eigenvalue weighted by molar-refractivity contribution is 0.454. The van der Waals surface area contributed by atoms with Crippen LogP contribution in [0.2, 0.25) is 5.02 Å². The molecule has 0 spiro atoms. The van der Waals surface area contributed by atoms with Crippen LogP contribution in [0, 0.1) is 13.8 Å². The second kappa shape index (κ2) is 5.46. The molecule has 106 valence electrons. The number of hydrogen-bond donors (Lipinski definition) is 1. The maximum atomic E-state index is 12.4. The number of rotatable bonds is 3. The molecule has 5 heteroatoms. The minimum absolute atomic E-state index is 0.0319. The fourth-order valence-electron chi connectivity index (χ4n) is 1.90. The van der Waals surface area contributed by atoms with Gasteiger partial charge in [0.25, 0.3) is 0 Å². The number of sulfone groups is 1. The van der Waals surface area contributed by atoms with E-state index in [9.17, 15) is 13.5 Å². The Morgan fingerprint density at radius 2 is 1.65 bits per heavy atom. The third-order valence-electron chi connectivity index (χ3n) is 3.27. The van der Waals surface area contributed by atoms with Crippen molar-refractivity contribution >= 4 is 21.4 Å². The van der Waals surface area contributed by atoms with E-state index in [1.807, 2.05) is 6.92 Å². The van der Waals surface area contributed by atoms with Crippen LogP contribution in [0.25, 0.3) is 0 Å². The molecule has 1 N–H and O–H groups in total. The summed E-state index contributed by atoms with van der Waals surface area (Å²) in [5, 5.41) is 10.6. The lowest BCUT2D eigenvalue weighted by atomic mass is 10.1. The molecule has 0 amide bonds. The minimum atomic E-state index is -3.59. The molecule has 0 aliphatic rings. The van der Waals surface area contributed by atoms with Gasteiger partial charge in [-0.1, -0.05) is 29.8 Å². The number of phenolic OH excluding ortho intramolecular Hbond substituents is 1. The number of aromatic hydroxyl groups is 1. The van der Waals surface area contributed by atoms with Gasteiger partial charge < -0.3 is 5.11 Å². The molecule has 0 heterocycles. The van der Waals surface area contributed by atoms with E-state index in [1.54, 1.807) is 37.3 Å². The van der Waals surface area contributed by atoms with Gasteiger partial charge >= 0.3 is 0 Å². The highest BCUT2D eigenvalue weighted by Crippen LogP contribution is 2.30. The summed E-state index contributed by atoms with van der Waals surface area (Å²) in [5.74, 6) is -0.334.